The number of nitrogens with zero attached hydrogens (tertiary/aromatic N) is 2. The van der Waals surface area contributed by atoms with E-state index in [1.807, 2.05) is 24.3 Å². The van der Waals surface area contributed by atoms with Crippen LogP contribution in [0.15, 0.2) is 48.5 Å². The summed E-state index contributed by atoms with van der Waals surface area (Å²) in [6.45, 7) is 3.25. The Morgan fingerprint density at radius 3 is 1.95 bits per heavy atom. The zero-order chi connectivity index (χ0) is 14.8. The number of benzene rings is 2. The first-order valence-electron chi connectivity index (χ1n) is 7.46. The monoisotopic (exact) mass is 318 g/mol. The smallest absolute Gasteiger partial charge is 0.151 e. The molecule has 0 bridgehead atoms. The number of hydrogen-bond donors (Lipinski definition) is 0. The van der Waals surface area contributed by atoms with E-state index in [1.165, 1.54) is 0 Å². The van der Waals surface area contributed by atoms with Crippen LogP contribution in [0.4, 0.5) is 11.4 Å². The fraction of sp³-hybridized carbons (Fsp3) is 0.333. The van der Waals surface area contributed by atoms with E-state index in [9.17, 15) is 0 Å². The maximum Gasteiger partial charge on any atom is 0.151 e. The Labute approximate surface area is 138 Å². The van der Waals surface area contributed by atoms with Gasteiger partial charge in [0.25, 0.3) is 0 Å². The zero-order valence-corrected chi connectivity index (χ0v) is 14.1. The summed E-state index contributed by atoms with van der Waals surface area (Å²) in [5.74, 6) is 1.88. The molecule has 22 heavy (non-hydrogen) atoms. The lowest BCUT2D eigenvalue weighted by molar-refractivity contribution is 0.301. The van der Waals surface area contributed by atoms with Crippen molar-refractivity contribution in [2.24, 2.45) is 0 Å². The van der Waals surface area contributed by atoms with E-state index in [-0.39, 0.29) is 12.4 Å². The normalized spacial score (nSPS) is 13.7. The Hall–Kier alpha value is -1.71. The van der Waals surface area contributed by atoms with Crippen LogP contribution in [0.25, 0.3) is 0 Å². The minimum atomic E-state index is 0. The molecule has 0 spiro atoms. The average Bonchev–Trinajstić information content (AvgIpc) is 2.51. The first-order chi connectivity index (χ1) is 10.2. The van der Waals surface area contributed by atoms with Gasteiger partial charge in [-0.2, -0.15) is 0 Å². The lowest BCUT2D eigenvalue weighted by atomic mass is 10.1. The van der Waals surface area contributed by atoms with E-state index in [0.29, 0.717) is 6.04 Å². The molecule has 4 heteroatoms. The number of anilines is 2. The van der Waals surface area contributed by atoms with Crippen molar-refractivity contribution in [3.63, 3.8) is 0 Å². The fourth-order valence-corrected chi connectivity index (χ4v) is 2.60. The summed E-state index contributed by atoms with van der Waals surface area (Å²) in [5, 5.41) is 0. The zero-order valence-electron chi connectivity index (χ0n) is 13.3. The summed E-state index contributed by atoms with van der Waals surface area (Å²) in [5.41, 5.74) is 2.31. The van der Waals surface area contributed by atoms with Gasteiger partial charge in [-0.25, -0.2) is 0 Å². The highest BCUT2D eigenvalue weighted by atomic mass is 35.5. The summed E-state index contributed by atoms with van der Waals surface area (Å²) in [6.07, 6.45) is 1.11. The Bertz CT molecular complexity index is 584. The van der Waals surface area contributed by atoms with Crippen LogP contribution in [0.2, 0.25) is 0 Å². The van der Waals surface area contributed by atoms with Crippen molar-refractivity contribution in [2.45, 2.75) is 19.4 Å². The molecular formula is C18H23ClN2O. The number of hydrogen-bond acceptors (Lipinski definition) is 3. The minimum Gasteiger partial charge on any atom is -0.453 e. The number of ether oxygens (including phenoxy) is 1. The largest absolute Gasteiger partial charge is 0.453 e. The van der Waals surface area contributed by atoms with Crippen molar-refractivity contribution in [1.29, 1.82) is 0 Å². The molecule has 0 aliphatic carbocycles. The molecule has 1 aliphatic heterocycles. The maximum atomic E-state index is 6.01. The summed E-state index contributed by atoms with van der Waals surface area (Å²) in [6, 6.07) is 17.1. The third-order valence-electron chi connectivity index (χ3n) is 4.18. The molecule has 118 valence electrons. The molecule has 2 aromatic carbocycles. The Morgan fingerprint density at radius 2 is 1.45 bits per heavy atom. The van der Waals surface area contributed by atoms with E-state index >= 15 is 0 Å². The predicted molar refractivity (Wildman–Crippen MR) is 95.0 cm³/mol. The van der Waals surface area contributed by atoms with E-state index in [4.69, 9.17) is 4.74 Å². The SMILES string of the molecule is CC(CCN1c2ccccc2Oc2ccccc21)N(C)C.Cl. The van der Waals surface area contributed by atoms with Crippen LogP contribution < -0.4 is 9.64 Å². The topological polar surface area (TPSA) is 15.7 Å². The number of fused-ring (bicyclic) bond motifs is 2. The third kappa shape index (κ3) is 3.21. The number of rotatable bonds is 4. The van der Waals surface area contributed by atoms with Crippen molar-refractivity contribution < 1.29 is 4.74 Å². The quantitative estimate of drug-likeness (QED) is 0.813. The van der Waals surface area contributed by atoms with Crippen LogP contribution in [-0.2, 0) is 0 Å². The van der Waals surface area contributed by atoms with E-state index in [2.05, 4.69) is 55.1 Å². The van der Waals surface area contributed by atoms with E-state index in [0.717, 1.165) is 35.8 Å². The van der Waals surface area contributed by atoms with Crippen LogP contribution in [0, 0.1) is 0 Å². The second kappa shape index (κ2) is 7.03. The average molecular weight is 319 g/mol. The van der Waals surface area contributed by atoms with Gasteiger partial charge in [0.05, 0.1) is 11.4 Å². The summed E-state index contributed by atoms with van der Waals surface area (Å²) < 4.78 is 6.01. The van der Waals surface area contributed by atoms with Crippen LogP contribution in [0.3, 0.4) is 0 Å². The van der Waals surface area contributed by atoms with Crippen molar-refractivity contribution in [1.82, 2.24) is 4.90 Å². The van der Waals surface area contributed by atoms with Gasteiger partial charge in [-0.05, 0) is 51.7 Å². The maximum absolute atomic E-state index is 6.01. The van der Waals surface area contributed by atoms with Gasteiger partial charge >= 0.3 is 0 Å². The molecule has 3 nitrogen and oxygen atoms in total. The van der Waals surface area contributed by atoms with Gasteiger partial charge in [-0.3, -0.25) is 0 Å². The summed E-state index contributed by atoms with van der Waals surface area (Å²) >= 11 is 0. The highest BCUT2D eigenvalue weighted by Gasteiger charge is 2.23. The van der Waals surface area contributed by atoms with E-state index < -0.39 is 0 Å². The lowest BCUT2D eigenvalue weighted by Crippen LogP contribution is -2.30. The second-order valence-corrected chi connectivity index (χ2v) is 5.79. The second-order valence-electron chi connectivity index (χ2n) is 5.79. The Morgan fingerprint density at radius 1 is 0.955 bits per heavy atom. The molecule has 1 aliphatic rings. The summed E-state index contributed by atoms with van der Waals surface area (Å²) in [7, 11) is 4.26. The van der Waals surface area contributed by atoms with Gasteiger partial charge in [0.1, 0.15) is 0 Å². The van der Waals surface area contributed by atoms with Crippen molar-refractivity contribution in [2.75, 3.05) is 25.5 Å². The lowest BCUT2D eigenvalue weighted by Gasteiger charge is -2.34. The Kier molecular flexibility index (Phi) is 5.33. The van der Waals surface area contributed by atoms with Crippen molar-refractivity contribution in [3.05, 3.63) is 48.5 Å². The van der Waals surface area contributed by atoms with Gasteiger partial charge in [-0.1, -0.05) is 24.3 Å². The van der Waals surface area contributed by atoms with Gasteiger partial charge < -0.3 is 14.5 Å². The molecule has 0 amide bonds. The van der Waals surface area contributed by atoms with Crippen LogP contribution in [-0.4, -0.2) is 31.6 Å². The molecule has 1 atom stereocenters. The fourth-order valence-electron chi connectivity index (χ4n) is 2.60. The molecular weight excluding hydrogens is 296 g/mol. The third-order valence-corrected chi connectivity index (χ3v) is 4.18. The molecule has 2 aromatic rings. The number of halogens is 1. The Balaban J connectivity index is 0.00000176. The van der Waals surface area contributed by atoms with E-state index in [1.54, 1.807) is 0 Å². The van der Waals surface area contributed by atoms with Crippen LogP contribution in [0.5, 0.6) is 11.5 Å². The van der Waals surface area contributed by atoms with Crippen molar-refractivity contribution in [3.8, 4) is 11.5 Å². The molecule has 1 heterocycles. The van der Waals surface area contributed by atoms with Gasteiger partial charge in [-0.15, -0.1) is 12.4 Å². The highest BCUT2D eigenvalue weighted by molar-refractivity contribution is 5.85. The molecule has 0 radical (unpaired) electrons. The van der Waals surface area contributed by atoms with Gasteiger partial charge in [0.15, 0.2) is 11.5 Å². The molecule has 0 aromatic heterocycles. The summed E-state index contributed by atoms with van der Waals surface area (Å²) in [4.78, 5) is 4.63. The van der Waals surface area contributed by atoms with Gasteiger partial charge in [0, 0.05) is 12.6 Å². The molecule has 0 saturated heterocycles. The molecule has 0 N–H and O–H groups in total. The number of para-hydroxylation sites is 4. The molecule has 3 rings (SSSR count). The predicted octanol–water partition coefficient (Wildman–Crippen LogP) is 4.69. The molecule has 0 fully saturated rings. The van der Waals surface area contributed by atoms with Crippen molar-refractivity contribution >= 4 is 23.8 Å². The minimum absolute atomic E-state index is 0. The highest BCUT2D eigenvalue weighted by Crippen LogP contribution is 2.46. The standard InChI is InChI=1S/C18H22N2O.ClH/c1-14(19(2)3)12-13-20-15-8-4-6-10-17(15)21-18-11-7-5-9-16(18)20;/h4-11,14H,12-13H2,1-3H3;1H. The molecule has 1 unspecified atom stereocenters. The first-order valence-corrected chi connectivity index (χ1v) is 7.46. The van der Waals surface area contributed by atoms with Crippen LogP contribution in [0.1, 0.15) is 13.3 Å². The molecule has 0 saturated carbocycles. The van der Waals surface area contributed by atoms with Gasteiger partial charge in [0.2, 0.25) is 0 Å². The first kappa shape index (κ1) is 16.7. The van der Waals surface area contributed by atoms with Crippen LogP contribution >= 0.6 is 12.4 Å².